The first-order chi connectivity index (χ1) is 39.3. The summed E-state index contributed by atoms with van der Waals surface area (Å²) in [6.45, 7) is 37.0. The molecule has 464 valence electrons. The van der Waals surface area contributed by atoms with Crippen LogP contribution in [0.3, 0.4) is 0 Å². The molecule has 3 aliphatic rings. The Hall–Kier alpha value is -0.910. The number of halogens is 13. The van der Waals surface area contributed by atoms with E-state index in [1.807, 2.05) is 55.4 Å². The summed E-state index contributed by atoms with van der Waals surface area (Å²) in [6.07, 6.45) is -17.5. The van der Waals surface area contributed by atoms with Crippen LogP contribution >= 0.6 is 0 Å². The van der Waals surface area contributed by atoms with Crippen molar-refractivity contribution in [3.63, 3.8) is 0 Å². The highest BCUT2D eigenvalue weighted by Gasteiger charge is 2.51. The maximum Gasteiger partial charge on any atom is 0.394 e. The molecule has 3 fully saturated rings. The maximum absolute atomic E-state index is 13.1. The third-order valence-corrected chi connectivity index (χ3v) is 12.7. The summed E-state index contributed by atoms with van der Waals surface area (Å²) in [5, 5.41) is 0. The molecular formula is C62H125F13. The van der Waals surface area contributed by atoms with Gasteiger partial charge in [-0.2, -0.15) is 52.7 Å². The third kappa shape index (κ3) is 59.1. The molecular weight excluding hydrogens is 992 g/mol. The maximum atomic E-state index is 13.1. The van der Waals surface area contributed by atoms with Crippen LogP contribution in [0.25, 0.3) is 0 Å². The van der Waals surface area contributed by atoms with E-state index < -0.39 is 110 Å². The number of hydrogen-bond donors (Lipinski definition) is 0. The van der Waals surface area contributed by atoms with Gasteiger partial charge in [0.25, 0.3) is 0 Å². The molecule has 0 aromatic heterocycles. The zero-order valence-electron chi connectivity index (χ0n) is 68.5. The number of alkyl halides is 13. The standard InChI is InChI=1S/C9H15F3.C8H15F.C8H16.2C6H11F3.C6H14.C5H9F3.2C5H12.C4H10/c1-7-3-5-8(2,6-4-7)9(10,11)12;1-7-3-5-8(2,9)6-4-7;1-7-3-5-8(2)6-4-7;1-4-5(2,3)6(7,8)9;1-3-4-5(2)6(7,8)9;1-5-6(2,3)4;1-3-4(2)5(6,7)8;1-4-5(2)3;1-3-5-4-2;1-3-4-2/h7H,3-6H2,1-2H3;7H,3-6H2,1-2H3;7-8H,3-6H2,1-2H3;4H2,1-3H3;5H,3-4H2,1-2H3;5H2,1-4H3;4H,3H2,1-2H3;5H,4H2,1-3H3;3-5H2,1-2H3;3-4H2,1-2H3/i3*7D;4D2;3D2;5D2;3D2;4D2;2*3D2. The average molecular weight is 1130 g/mol. The molecule has 0 heterocycles. The molecule has 0 spiro atoms. The average Bonchev–Trinajstić information content (AvgIpc) is 0.969. The molecule has 2 unspecified atom stereocenters. The minimum absolute atomic E-state index is 0.0908. The first-order valence-corrected chi connectivity index (χ1v) is 26.7. The van der Waals surface area contributed by atoms with Crippen molar-refractivity contribution in [1.82, 2.24) is 0 Å². The fourth-order valence-corrected chi connectivity index (χ4v) is 4.94. The molecule has 0 N–H and O–H groups in total. The Morgan fingerprint density at radius 1 is 0.493 bits per heavy atom. The van der Waals surface area contributed by atoms with Crippen molar-refractivity contribution in [1.29, 1.82) is 0 Å². The van der Waals surface area contributed by atoms with Crippen LogP contribution in [0.1, 0.15) is 337 Å². The second kappa shape index (κ2) is 45.8. The third-order valence-electron chi connectivity index (χ3n) is 12.7. The monoisotopic (exact) mass is 1130 g/mol. The molecule has 0 radical (unpaired) electrons. The molecule has 0 aromatic carbocycles. The van der Waals surface area contributed by atoms with Gasteiger partial charge in [0.1, 0.15) is 5.67 Å². The molecule has 13 heteroatoms. The van der Waals surface area contributed by atoms with Crippen molar-refractivity contribution in [3.05, 3.63) is 0 Å². The van der Waals surface area contributed by atoms with Crippen LogP contribution < -0.4 is 0 Å². The Bertz CT molecular complexity index is 1810. The van der Waals surface area contributed by atoms with E-state index in [2.05, 4.69) is 13.8 Å². The molecule has 3 rings (SSSR count). The van der Waals surface area contributed by atoms with E-state index in [1.165, 1.54) is 19.8 Å². The summed E-state index contributed by atoms with van der Waals surface area (Å²) in [4.78, 5) is 0. The summed E-state index contributed by atoms with van der Waals surface area (Å²) in [6, 6.07) is 0. The fraction of sp³-hybridized carbons (Fsp3) is 1.00. The SMILES string of the molecule is [2H]C([2H])(C)C(C)(C)C.[2H]C([2H])(C)C(C)(C)C(F)(F)F.[2H]C([2H])(C)C(C)C.[2H]C([2H])(C)C(C)C(F)(F)F.[2H]C([2H])(C)CC.[2H]C([2H])(C)CC(C)C(F)(F)F.[2H]C([2H])(C)CCC.[2H]C1(C)CCC(C)(C(F)(F)F)CC1.[2H]C1(C)CCC(C)(F)CC1.[2H]C1(C)CCC(C)CC1. The lowest BCUT2D eigenvalue weighted by molar-refractivity contribution is -0.229. The molecule has 75 heavy (non-hydrogen) atoms. The van der Waals surface area contributed by atoms with Gasteiger partial charge in [0.2, 0.25) is 0 Å². The molecule has 3 aliphatic carbocycles. The van der Waals surface area contributed by atoms with Crippen LogP contribution in [0.15, 0.2) is 0 Å². The predicted octanol–water partition coefficient (Wildman–Crippen LogP) is 26.6. The molecule has 2 atom stereocenters. The topological polar surface area (TPSA) is 0 Å². The Morgan fingerprint density at radius 3 is 0.960 bits per heavy atom. The van der Waals surface area contributed by atoms with E-state index >= 15 is 0 Å². The minimum atomic E-state index is -4.49. The number of hydrogen-bond acceptors (Lipinski definition) is 0. The highest BCUT2D eigenvalue weighted by atomic mass is 19.4. The van der Waals surface area contributed by atoms with Gasteiger partial charge in [-0.3, -0.25) is 0 Å². The summed E-state index contributed by atoms with van der Waals surface area (Å²) >= 11 is 0. The predicted molar refractivity (Wildman–Crippen MR) is 302 cm³/mol. The summed E-state index contributed by atoms with van der Waals surface area (Å²) in [7, 11) is 0. The molecule has 0 bridgehead atoms. The van der Waals surface area contributed by atoms with Gasteiger partial charge in [-0.05, 0) is 112 Å². The van der Waals surface area contributed by atoms with Gasteiger partial charge in [-0.1, -0.05) is 236 Å². The van der Waals surface area contributed by atoms with Crippen LogP contribution in [0, 0.1) is 57.6 Å². The summed E-state index contributed by atoms with van der Waals surface area (Å²) in [5.74, 6) is -3.55. The van der Waals surface area contributed by atoms with Gasteiger partial charge in [0, 0.05) is 23.3 Å². The van der Waals surface area contributed by atoms with Gasteiger partial charge in [0.05, 0.1) is 22.7 Å². The van der Waals surface area contributed by atoms with Gasteiger partial charge in [0.15, 0.2) is 0 Å². The minimum Gasteiger partial charge on any atom is -0.244 e. The zero-order chi connectivity index (χ0) is 76.6. The molecule has 0 aromatic rings. The highest BCUT2D eigenvalue weighted by molar-refractivity contribution is 4.86. The van der Waals surface area contributed by atoms with Crippen LogP contribution in [0.4, 0.5) is 57.1 Å². The Kier molecular flexibility index (Phi) is 34.2. The van der Waals surface area contributed by atoms with E-state index in [0.717, 1.165) is 73.6 Å². The van der Waals surface area contributed by atoms with Crippen molar-refractivity contribution in [2.75, 3.05) is 0 Å². The molecule has 0 saturated heterocycles. The van der Waals surface area contributed by atoms with Gasteiger partial charge in [-0.15, -0.1) is 0 Å². The molecule has 0 nitrogen and oxygen atoms in total. The van der Waals surface area contributed by atoms with Crippen molar-refractivity contribution in [2.24, 2.45) is 57.6 Å². The lowest BCUT2D eigenvalue weighted by Gasteiger charge is -2.37. The Balaban J connectivity index is -0.000000176. The van der Waals surface area contributed by atoms with Gasteiger partial charge in [-0.25, -0.2) is 4.39 Å². The van der Waals surface area contributed by atoms with Crippen molar-refractivity contribution >= 4 is 0 Å². The Morgan fingerprint density at radius 2 is 0.827 bits per heavy atom. The largest absolute Gasteiger partial charge is 0.394 e. The molecule has 3 saturated carbocycles. The molecule has 0 amide bonds. The fourth-order valence-electron chi connectivity index (χ4n) is 4.94. The second-order valence-electron chi connectivity index (χ2n) is 22.2. The summed E-state index contributed by atoms with van der Waals surface area (Å²) in [5.41, 5.74) is -5.05. The van der Waals surface area contributed by atoms with Crippen LogP contribution in [-0.2, 0) is 0 Å². The quantitative estimate of drug-likeness (QED) is 0.213. The normalized spacial score (nSPS) is 31.2. The van der Waals surface area contributed by atoms with Crippen LogP contribution in [0.2, 0.25) is 0 Å². The number of rotatable bonds is 8. The summed E-state index contributed by atoms with van der Waals surface area (Å²) < 4.78 is 278. The van der Waals surface area contributed by atoms with E-state index in [0.29, 0.717) is 51.4 Å². The van der Waals surface area contributed by atoms with E-state index in [4.69, 9.17) is 23.3 Å². The van der Waals surface area contributed by atoms with Gasteiger partial charge >= 0.3 is 24.7 Å². The second-order valence-corrected chi connectivity index (χ2v) is 22.2. The lowest BCUT2D eigenvalue weighted by Crippen LogP contribution is -2.38. The van der Waals surface area contributed by atoms with E-state index in [9.17, 15) is 57.1 Å². The van der Waals surface area contributed by atoms with Crippen molar-refractivity contribution < 1.29 is 80.4 Å². The van der Waals surface area contributed by atoms with E-state index in [1.54, 1.807) is 41.5 Å². The first kappa shape index (κ1) is 56.0. The Labute approximate surface area is 481 Å². The van der Waals surface area contributed by atoms with Crippen molar-refractivity contribution in [2.45, 2.75) is 344 Å². The van der Waals surface area contributed by atoms with Crippen LogP contribution in [0.5, 0.6) is 0 Å². The van der Waals surface area contributed by atoms with Crippen LogP contribution in [-0.4, -0.2) is 30.4 Å². The van der Waals surface area contributed by atoms with Crippen molar-refractivity contribution in [3.8, 4) is 0 Å². The smallest absolute Gasteiger partial charge is 0.244 e. The lowest BCUT2D eigenvalue weighted by atomic mass is 9.72. The zero-order valence-corrected chi connectivity index (χ0v) is 51.5. The van der Waals surface area contributed by atoms with Gasteiger partial charge < -0.3 is 0 Å². The molecule has 0 aliphatic heterocycles. The van der Waals surface area contributed by atoms with E-state index in [-0.39, 0.29) is 36.0 Å². The highest BCUT2D eigenvalue weighted by Crippen LogP contribution is 2.49. The first-order valence-electron chi connectivity index (χ1n) is 35.2.